The highest BCUT2D eigenvalue weighted by Gasteiger charge is 2.21. The molecule has 0 fully saturated rings. The zero-order valence-corrected chi connectivity index (χ0v) is 28.3. The summed E-state index contributed by atoms with van der Waals surface area (Å²) in [6.07, 6.45) is 0. The van der Waals surface area contributed by atoms with Crippen molar-refractivity contribution in [1.82, 2.24) is 4.98 Å². The monoisotopic (exact) mass is 664 g/mol. The number of aromatic nitrogens is 1. The average Bonchev–Trinajstić information content (AvgIpc) is 3.67. The molecule has 52 heavy (non-hydrogen) atoms. The Labute approximate surface area is 301 Å². The van der Waals surface area contributed by atoms with E-state index >= 15 is 0 Å². The Morgan fingerprint density at radius 1 is 0.404 bits per heavy atom. The maximum atomic E-state index is 6.61. The van der Waals surface area contributed by atoms with E-state index in [-0.39, 0.29) is 0 Å². The molecular weight excluding hydrogens is 633 g/mol. The molecule has 0 radical (unpaired) electrons. The van der Waals surface area contributed by atoms with Crippen molar-refractivity contribution in [3.8, 4) is 33.7 Å². The molecular formula is C49H32N2O. The van der Waals surface area contributed by atoms with Crippen molar-refractivity contribution < 1.29 is 4.42 Å². The van der Waals surface area contributed by atoms with Crippen LogP contribution in [0.3, 0.4) is 0 Å². The topological polar surface area (TPSA) is 29.3 Å². The molecule has 3 nitrogen and oxygen atoms in total. The van der Waals surface area contributed by atoms with Gasteiger partial charge in [0, 0.05) is 27.9 Å². The number of benzene rings is 9. The molecule has 10 rings (SSSR count). The smallest absolute Gasteiger partial charge is 0.227 e. The molecule has 1 aromatic heterocycles. The summed E-state index contributed by atoms with van der Waals surface area (Å²) in [5, 5.41) is 6.82. The number of anilines is 3. The largest absolute Gasteiger partial charge is 0.435 e. The summed E-state index contributed by atoms with van der Waals surface area (Å²) < 4.78 is 6.61. The Hall–Kier alpha value is -6.97. The molecule has 0 aliphatic heterocycles. The summed E-state index contributed by atoms with van der Waals surface area (Å²) in [5.74, 6) is 0.624. The lowest BCUT2D eigenvalue weighted by Crippen LogP contribution is -2.11. The quantitative estimate of drug-likeness (QED) is 0.166. The lowest BCUT2D eigenvalue weighted by molar-refractivity contribution is 0.623. The van der Waals surface area contributed by atoms with Crippen LogP contribution >= 0.6 is 0 Å². The lowest BCUT2D eigenvalue weighted by Gasteiger charge is -2.29. The predicted octanol–water partition coefficient (Wildman–Crippen LogP) is 13.8. The van der Waals surface area contributed by atoms with Gasteiger partial charge in [0.05, 0.1) is 5.69 Å². The Bertz CT molecular complexity index is 2900. The van der Waals surface area contributed by atoms with Crippen LogP contribution in [0.2, 0.25) is 0 Å². The van der Waals surface area contributed by atoms with Crippen molar-refractivity contribution in [2.24, 2.45) is 0 Å². The number of oxazole rings is 1. The number of nitrogens with zero attached hydrogens (tertiary/aromatic N) is 2. The van der Waals surface area contributed by atoms with Crippen molar-refractivity contribution in [2.75, 3.05) is 4.90 Å². The van der Waals surface area contributed by atoms with Gasteiger partial charge in [0.25, 0.3) is 0 Å². The summed E-state index contributed by atoms with van der Waals surface area (Å²) in [6.45, 7) is 0. The first-order valence-electron chi connectivity index (χ1n) is 17.6. The van der Waals surface area contributed by atoms with Crippen LogP contribution < -0.4 is 4.90 Å². The van der Waals surface area contributed by atoms with Gasteiger partial charge in [-0.3, -0.25) is 0 Å². The molecule has 0 spiro atoms. The van der Waals surface area contributed by atoms with Crippen LogP contribution in [0.5, 0.6) is 0 Å². The minimum absolute atomic E-state index is 0.624. The Morgan fingerprint density at radius 2 is 1.00 bits per heavy atom. The molecule has 9 aromatic carbocycles. The van der Waals surface area contributed by atoms with Crippen molar-refractivity contribution in [3.05, 3.63) is 194 Å². The van der Waals surface area contributed by atoms with Crippen molar-refractivity contribution in [2.45, 2.75) is 0 Å². The van der Waals surface area contributed by atoms with Crippen LogP contribution in [-0.4, -0.2) is 4.98 Å². The van der Waals surface area contributed by atoms with Crippen molar-refractivity contribution in [3.63, 3.8) is 0 Å². The maximum Gasteiger partial charge on any atom is 0.227 e. The Kier molecular flexibility index (Phi) is 7.14. The van der Waals surface area contributed by atoms with Crippen molar-refractivity contribution in [1.29, 1.82) is 0 Å². The number of rotatable bonds is 6. The first-order valence-corrected chi connectivity index (χ1v) is 17.6. The molecule has 0 N–H and O–H groups in total. The van der Waals surface area contributed by atoms with Crippen molar-refractivity contribution >= 4 is 60.5 Å². The van der Waals surface area contributed by atoms with E-state index in [4.69, 9.17) is 9.40 Å². The van der Waals surface area contributed by atoms with Crippen LogP contribution in [0, 0.1) is 0 Å². The zero-order valence-electron chi connectivity index (χ0n) is 28.3. The highest BCUT2D eigenvalue weighted by molar-refractivity contribution is 6.19. The van der Waals surface area contributed by atoms with Crippen LogP contribution in [0.25, 0.3) is 77.1 Å². The first kappa shape index (κ1) is 29.9. The predicted molar refractivity (Wildman–Crippen MR) is 218 cm³/mol. The second kappa shape index (κ2) is 12.4. The Morgan fingerprint density at radius 3 is 1.77 bits per heavy atom. The van der Waals surface area contributed by atoms with E-state index in [1.54, 1.807) is 0 Å². The van der Waals surface area contributed by atoms with Gasteiger partial charge in [-0.15, -0.1) is 0 Å². The highest BCUT2D eigenvalue weighted by Crippen LogP contribution is 2.45. The van der Waals surface area contributed by atoms with Gasteiger partial charge in [-0.25, -0.2) is 4.98 Å². The van der Waals surface area contributed by atoms with E-state index in [2.05, 4.69) is 169 Å². The minimum atomic E-state index is 0.624. The molecule has 0 saturated heterocycles. The lowest BCUT2D eigenvalue weighted by atomic mass is 9.96. The van der Waals surface area contributed by atoms with Gasteiger partial charge in [-0.1, -0.05) is 146 Å². The summed E-state index contributed by atoms with van der Waals surface area (Å²) in [6, 6.07) is 69.0. The van der Waals surface area contributed by atoms with E-state index < -0.39 is 0 Å². The molecule has 1 heterocycles. The third-order valence-corrected chi connectivity index (χ3v) is 10.0. The highest BCUT2D eigenvalue weighted by atomic mass is 16.3. The molecule has 3 heteroatoms. The third kappa shape index (κ3) is 5.19. The zero-order chi connectivity index (χ0) is 34.4. The fraction of sp³-hybridized carbons (Fsp3) is 0. The number of hydrogen-bond donors (Lipinski definition) is 0. The minimum Gasteiger partial charge on any atom is -0.435 e. The van der Waals surface area contributed by atoms with Gasteiger partial charge in [0.1, 0.15) is 5.52 Å². The molecule has 0 aliphatic rings. The molecule has 10 aromatic rings. The standard InChI is InChI=1S/C49H32N2O/c1-4-12-33(13-5-1)40-24-28-43(35-15-6-2-7-16-35)46(31-40)51(41-26-22-34-14-10-11-19-39(34)30-41)42-27-23-36-20-21-37-25-29-45-48(47(37)44(36)32-42)52-49(50-45)38-17-8-3-9-18-38/h1-32H. The van der Waals surface area contributed by atoms with Gasteiger partial charge < -0.3 is 9.32 Å². The SMILES string of the molecule is c1ccc(-c2ccc(-c3ccccc3)c(N(c3ccc4ccccc4c3)c3ccc4ccc5ccc6nc(-c7ccccc7)oc6c5c4c3)c2)cc1. The molecule has 244 valence electrons. The fourth-order valence-corrected chi connectivity index (χ4v) is 7.48. The normalized spacial score (nSPS) is 11.5. The first-order chi connectivity index (χ1) is 25.8. The van der Waals surface area contributed by atoms with Crippen LogP contribution in [0.1, 0.15) is 0 Å². The van der Waals surface area contributed by atoms with E-state index in [1.165, 1.54) is 16.3 Å². The Balaban J connectivity index is 1.26. The van der Waals surface area contributed by atoms with E-state index in [0.717, 1.165) is 72.0 Å². The maximum absolute atomic E-state index is 6.61. The van der Waals surface area contributed by atoms with Gasteiger partial charge in [-0.05, 0) is 92.2 Å². The molecule has 0 amide bonds. The van der Waals surface area contributed by atoms with Crippen LogP contribution in [0.4, 0.5) is 17.1 Å². The number of hydrogen-bond acceptors (Lipinski definition) is 3. The van der Waals surface area contributed by atoms with E-state index in [9.17, 15) is 0 Å². The summed E-state index contributed by atoms with van der Waals surface area (Å²) in [7, 11) is 0. The molecule has 0 aliphatic carbocycles. The third-order valence-electron chi connectivity index (χ3n) is 10.0. The second-order valence-corrected chi connectivity index (χ2v) is 13.2. The van der Waals surface area contributed by atoms with Gasteiger partial charge in [-0.2, -0.15) is 0 Å². The molecule has 0 bridgehead atoms. The van der Waals surface area contributed by atoms with Gasteiger partial charge in [0.15, 0.2) is 5.58 Å². The summed E-state index contributed by atoms with van der Waals surface area (Å²) >= 11 is 0. The summed E-state index contributed by atoms with van der Waals surface area (Å²) in [5.41, 5.74) is 10.5. The van der Waals surface area contributed by atoms with Gasteiger partial charge in [0.2, 0.25) is 5.89 Å². The van der Waals surface area contributed by atoms with Gasteiger partial charge >= 0.3 is 0 Å². The van der Waals surface area contributed by atoms with Crippen LogP contribution in [-0.2, 0) is 0 Å². The van der Waals surface area contributed by atoms with E-state index in [0.29, 0.717) is 5.89 Å². The fourth-order valence-electron chi connectivity index (χ4n) is 7.48. The summed E-state index contributed by atoms with van der Waals surface area (Å²) in [4.78, 5) is 7.34. The second-order valence-electron chi connectivity index (χ2n) is 13.2. The number of fused-ring (bicyclic) bond motifs is 6. The van der Waals surface area contributed by atoms with Crippen LogP contribution in [0.15, 0.2) is 199 Å². The average molecular weight is 665 g/mol. The molecule has 0 unspecified atom stereocenters. The molecule has 0 saturated carbocycles. The molecule has 0 atom stereocenters. The van der Waals surface area contributed by atoms with E-state index in [1.807, 2.05) is 30.3 Å².